The van der Waals surface area contributed by atoms with Gasteiger partial charge in [-0.2, -0.15) is 5.10 Å². The van der Waals surface area contributed by atoms with E-state index < -0.39 is 28.3 Å². The molecule has 6 nitrogen and oxygen atoms in total. The van der Waals surface area contributed by atoms with Crippen molar-refractivity contribution in [2.45, 2.75) is 0 Å². The van der Waals surface area contributed by atoms with E-state index in [2.05, 4.69) is 26.5 Å². The highest BCUT2D eigenvalue weighted by molar-refractivity contribution is 9.10. The summed E-state index contributed by atoms with van der Waals surface area (Å²) in [4.78, 5) is 12.0. The number of anilines is 1. The van der Waals surface area contributed by atoms with Gasteiger partial charge in [0.05, 0.1) is 23.2 Å². The molecule has 0 fully saturated rings. The van der Waals surface area contributed by atoms with Crippen molar-refractivity contribution in [1.29, 1.82) is 0 Å². The van der Waals surface area contributed by atoms with Crippen LogP contribution in [0.4, 0.5) is 10.1 Å². The number of nitrogens with zero attached hydrogens (tertiary/aromatic N) is 2. The van der Waals surface area contributed by atoms with Crippen LogP contribution in [0.1, 0.15) is 5.56 Å². The number of hydrogen-bond acceptors (Lipinski definition) is 4. The van der Waals surface area contributed by atoms with Crippen molar-refractivity contribution in [1.82, 2.24) is 5.43 Å². The van der Waals surface area contributed by atoms with Crippen molar-refractivity contribution in [3.63, 3.8) is 0 Å². The Morgan fingerprint density at radius 1 is 1.35 bits per heavy atom. The predicted molar refractivity (Wildman–Crippen MR) is 103 cm³/mol. The molecule has 0 spiro atoms. The van der Waals surface area contributed by atoms with Gasteiger partial charge in [-0.3, -0.25) is 9.10 Å². The zero-order valence-corrected chi connectivity index (χ0v) is 16.6. The number of hydrogen-bond donors (Lipinski definition) is 1. The second kappa shape index (κ2) is 8.61. The van der Waals surface area contributed by atoms with Gasteiger partial charge in [-0.05, 0) is 30.3 Å². The first kappa shape index (κ1) is 20.3. The molecule has 0 atom stereocenters. The summed E-state index contributed by atoms with van der Waals surface area (Å²) in [7, 11) is -3.70. The Labute approximate surface area is 163 Å². The molecule has 0 heterocycles. The standard InChI is InChI=1S/C16H14BrClFN3O3S/c1-26(24,25)22(12-5-2-4-11(17)8-12)10-16(23)21-20-9-13-14(18)6-3-7-15(13)19/h2-9H,10H2,1H3,(H,21,23)/b20-9-. The fourth-order valence-corrected chi connectivity index (χ4v) is 3.45. The number of sulfonamides is 1. The second-order valence-corrected chi connectivity index (χ2v) is 8.41. The third-order valence-corrected chi connectivity index (χ3v) is 5.13. The van der Waals surface area contributed by atoms with Gasteiger partial charge in [0.25, 0.3) is 5.91 Å². The van der Waals surface area contributed by atoms with E-state index in [1.807, 2.05) is 0 Å². The molecule has 0 saturated carbocycles. The largest absolute Gasteiger partial charge is 0.271 e. The van der Waals surface area contributed by atoms with Crippen LogP contribution in [-0.4, -0.2) is 33.3 Å². The molecule has 2 aromatic carbocycles. The molecule has 138 valence electrons. The summed E-state index contributed by atoms with van der Waals surface area (Å²) in [5.41, 5.74) is 2.49. The van der Waals surface area contributed by atoms with Gasteiger partial charge < -0.3 is 0 Å². The van der Waals surface area contributed by atoms with Gasteiger partial charge in [0.2, 0.25) is 10.0 Å². The summed E-state index contributed by atoms with van der Waals surface area (Å²) in [6.07, 6.45) is 2.04. The number of carbonyl (C=O) groups excluding carboxylic acids is 1. The van der Waals surface area contributed by atoms with Gasteiger partial charge in [-0.15, -0.1) is 0 Å². The average molecular weight is 463 g/mol. The highest BCUT2D eigenvalue weighted by atomic mass is 79.9. The van der Waals surface area contributed by atoms with E-state index in [0.29, 0.717) is 10.2 Å². The molecule has 0 aromatic heterocycles. The number of amides is 1. The van der Waals surface area contributed by atoms with Crippen molar-refractivity contribution in [3.8, 4) is 0 Å². The maximum absolute atomic E-state index is 13.6. The number of nitrogens with one attached hydrogen (secondary N) is 1. The van der Waals surface area contributed by atoms with E-state index >= 15 is 0 Å². The maximum Gasteiger partial charge on any atom is 0.260 e. The van der Waals surface area contributed by atoms with Crippen molar-refractivity contribution >= 4 is 55.4 Å². The molecule has 0 aliphatic carbocycles. The van der Waals surface area contributed by atoms with E-state index in [9.17, 15) is 17.6 Å². The first-order valence-electron chi connectivity index (χ1n) is 7.17. The quantitative estimate of drug-likeness (QED) is 0.529. The van der Waals surface area contributed by atoms with Gasteiger partial charge in [0, 0.05) is 10.0 Å². The molecule has 0 bridgehead atoms. The number of hydrazone groups is 1. The maximum atomic E-state index is 13.6. The summed E-state index contributed by atoms with van der Waals surface area (Å²) in [5, 5.41) is 3.76. The van der Waals surface area contributed by atoms with Crippen LogP contribution in [0.2, 0.25) is 5.02 Å². The van der Waals surface area contributed by atoms with Gasteiger partial charge in [-0.1, -0.05) is 39.7 Å². The topological polar surface area (TPSA) is 78.8 Å². The smallest absolute Gasteiger partial charge is 0.260 e. The number of halogens is 3. The van der Waals surface area contributed by atoms with Crippen molar-refractivity contribution in [3.05, 3.63) is 63.3 Å². The molecular weight excluding hydrogens is 449 g/mol. The summed E-state index contributed by atoms with van der Waals surface area (Å²) in [6.45, 7) is -0.488. The van der Waals surface area contributed by atoms with Crippen LogP contribution < -0.4 is 9.73 Å². The molecular formula is C16H14BrClFN3O3S. The van der Waals surface area contributed by atoms with Crippen LogP contribution in [0.3, 0.4) is 0 Å². The number of carbonyl (C=O) groups is 1. The third-order valence-electron chi connectivity index (χ3n) is 3.17. The van der Waals surface area contributed by atoms with Crippen LogP contribution in [0, 0.1) is 5.82 Å². The highest BCUT2D eigenvalue weighted by Gasteiger charge is 2.20. The van der Waals surface area contributed by atoms with Gasteiger partial charge in [-0.25, -0.2) is 18.2 Å². The van der Waals surface area contributed by atoms with Crippen molar-refractivity contribution in [2.75, 3.05) is 17.1 Å². The first-order chi connectivity index (χ1) is 12.2. The molecule has 0 aliphatic rings. The monoisotopic (exact) mass is 461 g/mol. The second-order valence-electron chi connectivity index (χ2n) is 5.18. The highest BCUT2D eigenvalue weighted by Crippen LogP contribution is 2.22. The van der Waals surface area contributed by atoms with E-state index in [-0.39, 0.29) is 10.6 Å². The van der Waals surface area contributed by atoms with E-state index in [1.165, 1.54) is 18.2 Å². The summed E-state index contributed by atoms with van der Waals surface area (Å²) in [6, 6.07) is 10.6. The average Bonchev–Trinajstić information content (AvgIpc) is 2.54. The molecule has 2 aromatic rings. The molecule has 1 N–H and O–H groups in total. The summed E-state index contributed by atoms with van der Waals surface area (Å²) in [5.74, 6) is -1.29. The van der Waals surface area contributed by atoms with Gasteiger partial charge in [0.15, 0.2) is 0 Å². The van der Waals surface area contributed by atoms with Crippen molar-refractivity contribution < 1.29 is 17.6 Å². The lowest BCUT2D eigenvalue weighted by atomic mass is 10.2. The molecule has 0 unspecified atom stereocenters. The SMILES string of the molecule is CS(=O)(=O)N(CC(=O)N/N=C\c1c(F)cccc1Cl)c1cccc(Br)c1. The molecule has 2 rings (SSSR count). The third kappa shape index (κ3) is 5.52. The first-order valence-corrected chi connectivity index (χ1v) is 10.2. The Balaban J connectivity index is 2.12. The Kier molecular flexibility index (Phi) is 6.74. The Hall–Kier alpha value is -1.97. The molecule has 0 saturated heterocycles. The fourth-order valence-electron chi connectivity index (χ4n) is 2.00. The minimum absolute atomic E-state index is 0.0152. The lowest BCUT2D eigenvalue weighted by Crippen LogP contribution is -2.39. The van der Waals surface area contributed by atoms with Gasteiger partial charge in [0.1, 0.15) is 12.4 Å². The van der Waals surface area contributed by atoms with E-state index in [4.69, 9.17) is 11.6 Å². The van der Waals surface area contributed by atoms with Crippen LogP contribution in [0.15, 0.2) is 52.0 Å². The lowest BCUT2D eigenvalue weighted by molar-refractivity contribution is -0.119. The molecule has 0 radical (unpaired) electrons. The Morgan fingerprint density at radius 2 is 2.04 bits per heavy atom. The van der Waals surface area contributed by atoms with Crippen molar-refractivity contribution in [2.24, 2.45) is 5.10 Å². The van der Waals surface area contributed by atoms with E-state index in [0.717, 1.165) is 16.8 Å². The summed E-state index contributed by atoms with van der Waals surface area (Å²) >= 11 is 9.10. The predicted octanol–water partition coefficient (Wildman–Crippen LogP) is 3.16. The number of benzene rings is 2. The molecule has 10 heteroatoms. The minimum Gasteiger partial charge on any atom is -0.271 e. The molecule has 1 amide bonds. The fraction of sp³-hybridized carbons (Fsp3) is 0.125. The van der Waals surface area contributed by atoms with Crippen LogP contribution in [0.5, 0.6) is 0 Å². The molecule has 0 aliphatic heterocycles. The number of rotatable bonds is 6. The van der Waals surface area contributed by atoms with Gasteiger partial charge >= 0.3 is 0 Å². The minimum atomic E-state index is -3.70. The Morgan fingerprint density at radius 3 is 2.65 bits per heavy atom. The summed E-state index contributed by atoms with van der Waals surface area (Å²) < 4.78 is 39.2. The van der Waals surface area contributed by atoms with Crippen LogP contribution >= 0.6 is 27.5 Å². The normalized spacial score (nSPS) is 11.5. The van der Waals surface area contributed by atoms with E-state index in [1.54, 1.807) is 24.3 Å². The van der Waals surface area contributed by atoms with Crippen LogP contribution in [-0.2, 0) is 14.8 Å². The Bertz CT molecular complexity index is 933. The van der Waals surface area contributed by atoms with Crippen LogP contribution in [0.25, 0.3) is 0 Å². The zero-order chi connectivity index (χ0) is 19.3. The lowest BCUT2D eigenvalue weighted by Gasteiger charge is -2.21. The molecule has 26 heavy (non-hydrogen) atoms. The zero-order valence-electron chi connectivity index (χ0n) is 13.5.